The van der Waals surface area contributed by atoms with Gasteiger partial charge in [-0.1, -0.05) is 18.2 Å². The highest BCUT2D eigenvalue weighted by molar-refractivity contribution is 6.18. The smallest absolute Gasteiger partial charge is 0.263 e. The normalized spacial score (nSPS) is 15.7. The summed E-state index contributed by atoms with van der Waals surface area (Å²) in [4.78, 5) is 33.0. The van der Waals surface area contributed by atoms with E-state index >= 15 is 0 Å². The molecule has 8 heteroatoms. The lowest BCUT2D eigenvalue weighted by Crippen LogP contribution is -2.40. The zero-order valence-corrected chi connectivity index (χ0v) is 20.2. The molecule has 1 amide bonds. The topological polar surface area (TPSA) is 85.2 Å². The highest BCUT2D eigenvalue weighted by Gasteiger charge is 2.20. The Morgan fingerprint density at radius 2 is 1.89 bits per heavy atom. The number of fused-ring (bicyclic) bond motifs is 5. The van der Waals surface area contributed by atoms with E-state index in [9.17, 15) is 9.59 Å². The molecule has 0 bridgehead atoms. The number of amides is 1. The van der Waals surface area contributed by atoms with Crippen molar-refractivity contribution in [2.45, 2.75) is 19.4 Å². The number of nitrogens with one attached hydrogen (secondary N) is 1. The lowest BCUT2D eigenvalue weighted by Gasteiger charge is -2.26. The standard InChI is InChI=1S/C28H28N4O4/c1-18(27(33)30-10-4-12-31-13-15-35-16-14-31)36-19-7-8-24-23(17-19)21-9-11-29-25-20-5-2-3-6-22(20)28(34)32(24)26(21)25/h2-3,5-9,11,17-18H,4,10,12-16H2,1H3,(H,30,33)/t18-/m0/s1. The van der Waals surface area contributed by atoms with Gasteiger partial charge in [0.15, 0.2) is 6.10 Å². The summed E-state index contributed by atoms with van der Waals surface area (Å²) in [6, 6.07) is 15.1. The van der Waals surface area contributed by atoms with E-state index in [0.29, 0.717) is 17.7 Å². The van der Waals surface area contributed by atoms with E-state index < -0.39 is 6.10 Å². The molecule has 8 nitrogen and oxygen atoms in total. The Hall–Kier alpha value is -3.75. The van der Waals surface area contributed by atoms with E-state index in [1.165, 1.54) is 0 Å². The molecule has 1 N–H and O–H groups in total. The summed E-state index contributed by atoms with van der Waals surface area (Å²) in [5.41, 5.74) is 2.33. The molecule has 2 aromatic carbocycles. The molecule has 36 heavy (non-hydrogen) atoms. The molecule has 1 aliphatic rings. The molecule has 6 rings (SSSR count). The van der Waals surface area contributed by atoms with Crippen LogP contribution in [0, 0.1) is 0 Å². The third-order valence-electron chi connectivity index (χ3n) is 7.00. The van der Waals surface area contributed by atoms with Crippen LogP contribution in [0.1, 0.15) is 13.3 Å². The molecule has 4 heterocycles. The summed E-state index contributed by atoms with van der Waals surface area (Å²) in [5, 5.41) is 6.29. The summed E-state index contributed by atoms with van der Waals surface area (Å²) in [6.45, 7) is 6.75. The highest BCUT2D eigenvalue weighted by atomic mass is 16.5. The van der Waals surface area contributed by atoms with Crippen LogP contribution in [-0.4, -0.2) is 65.7 Å². The number of carbonyl (C=O) groups is 1. The van der Waals surface area contributed by atoms with Crippen molar-refractivity contribution in [1.29, 1.82) is 0 Å². The van der Waals surface area contributed by atoms with Gasteiger partial charge < -0.3 is 14.8 Å². The van der Waals surface area contributed by atoms with Crippen molar-refractivity contribution in [3.05, 3.63) is 65.1 Å². The number of rotatable bonds is 7. The molecule has 3 aromatic heterocycles. The molecule has 1 aliphatic heterocycles. The Morgan fingerprint density at radius 1 is 1.08 bits per heavy atom. The number of carbonyl (C=O) groups excluding carboxylic acids is 1. The fourth-order valence-electron chi connectivity index (χ4n) is 5.16. The monoisotopic (exact) mass is 484 g/mol. The molecule has 0 radical (unpaired) electrons. The van der Waals surface area contributed by atoms with E-state index in [-0.39, 0.29) is 11.5 Å². The van der Waals surface area contributed by atoms with Crippen LogP contribution < -0.4 is 15.6 Å². The van der Waals surface area contributed by atoms with Crippen LogP contribution in [-0.2, 0) is 9.53 Å². The Kier molecular flexibility index (Phi) is 5.91. The zero-order chi connectivity index (χ0) is 24.6. The maximum atomic E-state index is 13.4. The van der Waals surface area contributed by atoms with Crippen molar-refractivity contribution in [3.8, 4) is 5.75 Å². The molecule has 0 aliphatic carbocycles. The molecule has 1 saturated heterocycles. The molecule has 0 unspecified atom stereocenters. The van der Waals surface area contributed by atoms with Gasteiger partial charge in [0.25, 0.3) is 11.5 Å². The number of hydrogen-bond donors (Lipinski definition) is 1. The van der Waals surface area contributed by atoms with Gasteiger partial charge in [-0.2, -0.15) is 0 Å². The minimum Gasteiger partial charge on any atom is -0.481 e. The first-order chi connectivity index (χ1) is 17.6. The molecular weight excluding hydrogens is 456 g/mol. The van der Waals surface area contributed by atoms with Gasteiger partial charge >= 0.3 is 0 Å². The number of hydrogen-bond acceptors (Lipinski definition) is 6. The summed E-state index contributed by atoms with van der Waals surface area (Å²) in [6.07, 6.45) is 2.02. The third kappa shape index (κ3) is 3.92. The first-order valence-corrected chi connectivity index (χ1v) is 12.4. The fourth-order valence-corrected chi connectivity index (χ4v) is 5.16. The van der Waals surface area contributed by atoms with Gasteiger partial charge in [-0.05, 0) is 50.2 Å². The lowest BCUT2D eigenvalue weighted by atomic mass is 10.1. The first kappa shape index (κ1) is 22.7. The number of morpholine rings is 1. The second-order valence-electron chi connectivity index (χ2n) is 9.28. The third-order valence-corrected chi connectivity index (χ3v) is 7.00. The molecule has 0 spiro atoms. The highest BCUT2D eigenvalue weighted by Crippen LogP contribution is 2.34. The van der Waals surface area contributed by atoms with E-state index in [0.717, 1.165) is 72.0 Å². The Bertz CT molecular complexity index is 1620. The molecule has 184 valence electrons. The Morgan fingerprint density at radius 3 is 2.72 bits per heavy atom. The van der Waals surface area contributed by atoms with E-state index in [2.05, 4.69) is 15.2 Å². The van der Waals surface area contributed by atoms with Gasteiger partial charge in [-0.3, -0.25) is 23.9 Å². The van der Waals surface area contributed by atoms with Gasteiger partial charge in [-0.15, -0.1) is 0 Å². The van der Waals surface area contributed by atoms with Gasteiger partial charge in [-0.25, -0.2) is 0 Å². The van der Waals surface area contributed by atoms with Crippen LogP contribution in [0.15, 0.2) is 59.5 Å². The lowest BCUT2D eigenvalue weighted by molar-refractivity contribution is -0.127. The SMILES string of the molecule is C[C@H](Oc1ccc2c(c1)c1ccnc3c4ccccc4c(=O)n2c13)C(=O)NCCCN1CCOCC1. The Labute approximate surface area is 207 Å². The number of nitrogens with zero attached hydrogens (tertiary/aromatic N) is 3. The van der Waals surface area contributed by atoms with Crippen LogP contribution in [0.4, 0.5) is 0 Å². The summed E-state index contributed by atoms with van der Waals surface area (Å²) < 4.78 is 13.1. The van der Waals surface area contributed by atoms with Crippen molar-refractivity contribution in [2.24, 2.45) is 0 Å². The van der Waals surface area contributed by atoms with Gasteiger partial charge in [0.1, 0.15) is 5.75 Å². The van der Waals surface area contributed by atoms with Gasteiger partial charge in [0.05, 0.1) is 29.8 Å². The minimum absolute atomic E-state index is 0.0652. The zero-order valence-electron chi connectivity index (χ0n) is 20.2. The second kappa shape index (κ2) is 9.37. The van der Waals surface area contributed by atoms with E-state index in [1.54, 1.807) is 17.5 Å². The molecule has 5 aromatic rings. The van der Waals surface area contributed by atoms with Crippen molar-refractivity contribution in [3.63, 3.8) is 0 Å². The predicted octanol–water partition coefficient (Wildman–Crippen LogP) is 3.20. The first-order valence-electron chi connectivity index (χ1n) is 12.4. The van der Waals surface area contributed by atoms with Crippen molar-refractivity contribution >= 4 is 44.0 Å². The van der Waals surface area contributed by atoms with Crippen molar-refractivity contribution < 1.29 is 14.3 Å². The van der Waals surface area contributed by atoms with Crippen LogP contribution in [0.3, 0.4) is 0 Å². The van der Waals surface area contributed by atoms with E-state index in [4.69, 9.17) is 9.47 Å². The van der Waals surface area contributed by atoms with Crippen molar-refractivity contribution in [1.82, 2.24) is 19.6 Å². The van der Waals surface area contributed by atoms with Crippen LogP contribution >= 0.6 is 0 Å². The van der Waals surface area contributed by atoms with Gasteiger partial charge in [0.2, 0.25) is 0 Å². The fraction of sp³-hybridized carbons (Fsp3) is 0.321. The average Bonchev–Trinajstić information content (AvgIpc) is 3.25. The maximum absolute atomic E-state index is 13.4. The van der Waals surface area contributed by atoms with Crippen LogP contribution in [0.25, 0.3) is 38.1 Å². The average molecular weight is 485 g/mol. The molecule has 1 atom stereocenters. The number of benzene rings is 2. The summed E-state index contributed by atoms with van der Waals surface area (Å²) in [5.74, 6) is 0.439. The largest absolute Gasteiger partial charge is 0.481 e. The number of pyridine rings is 2. The Balaban J connectivity index is 1.23. The van der Waals surface area contributed by atoms with Crippen LogP contribution in [0.5, 0.6) is 5.75 Å². The molecule has 1 fully saturated rings. The quantitative estimate of drug-likeness (QED) is 0.282. The predicted molar refractivity (Wildman–Crippen MR) is 140 cm³/mol. The van der Waals surface area contributed by atoms with Crippen LogP contribution in [0.2, 0.25) is 0 Å². The summed E-state index contributed by atoms with van der Waals surface area (Å²) >= 11 is 0. The summed E-state index contributed by atoms with van der Waals surface area (Å²) in [7, 11) is 0. The minimum atomic E-state index is -0.641. The number of ether oxygens (including phenoxy) is 2. The van der Waals surface area contributed by atoms with Gasteiger partial charge in [0, 0.05) is 47.4 Å². The van der Waals surface area contributed by atoms with E-state index in [1.807, 2.05) is 48.5 Å². The second-order valence-corrected chi connectivity index (χ2v) is 9.28. The maximum Gasteiger partial charge on any atom is 0.263 e. The van der Waals surface area contributed by atoms with Crippen molar-refractivity contribution in [2.75, 3.05) is 39.4 Å². The molecular formula is C28H28N4O4. The molecule has 0 saturated carbocycles. The number of aromatic nitrogens is 2.